The van der Waals surface area contributed by atoms with E-state index in [0.29, 0.717) is 6.54 Å². The second kappa shape index (κ2) is 6.20. The van der Waals surface area contributed by atoms with Crippen LogP contribution in [0.2, 0.25) is 0 Å². The Balaban J connectivity index is 4.09. The number of hydrogen-bond donors (Lipinski definition) is 2. The zero-order valence-electron chi connectivity index (χ0n) is 10.5. The summed E-state index contributed by atoms with van der Waals surface area (Å²) in [6.07, 6.45) is 0. The highest BCUT2D eigenvalue weighted by molar-refractivity contribution is 7.91. The number of rotatable bonds is 7. The lowest BCUT2D eigenvalue weighted by atomic mass is 10.1. The number of carbonyl (C=O) groups is 1. The highest BCUT2D eigenvalue weighted by atomic mass is 32.2. The van der Waals surface area contributed by atoms with Gasteiger partial charge in [-0.1, -0.05) is 13.8 Å². The Hall–Kier alpha value is -0.620. The summed E-state index contributed by atoms with van der Waals surface area (Å²) in [6.45, 7) is 7.90. The zero-order chi connectivity index (χ0) is 12.8. The van der Waals surface area contributed by atoms with Crippen molar-refractivity contribution in [1.29, 1.82) is 0 Å². The molecule has 1 amide bonds. The molecular weight excluding hydrogens is 228 g/mol. The van der Waals surface area contributed by atoms with Crippen LogP contribution < -0.4 is 10.6 Å². The molecular formula is C10H22N2O3S. The maximum atomic E-state index is 11.7. The second-order valence-corrected chi connectivity index (χ2v) is 6.62. The molecule has 0 radical (unpaired) electrons. The fraction of sp³-hybridized carbons (Fsp3) is 0.900. The van der Waals surface area contributed by atoms with Crippen molar-refractivity contribution in [3.8, 4) is 0 Å². The maximum absolute atomic E-state index is 11.7. The molecule has 16 heavy (non-hydrogen) atoms. The summed E-state index contributed by atoms with van der Waals surface area (Å²) in [5.74, 6) is -0.0719. The van der Waals surface area contributed by atoms with Crippen LogP contribution in [0, 0.1) is 0 Å². The summed E-state index contributed by atoms with van der Waals surface area (Å²) in [6, 6.07) is 0. The molecule has 0 aromatic heterocycles. The lowest BCUT2D eigenvalue weighted by molar-refractivity contribution is -0.126. The van der Waals surface area contributed by atoms with Crippen LogP contribution >= 0.6 is 0 Å². The first-order chi connectivity index (χ1) is 7.25. The first kappa shape index (κ1) is 15.4. The topological polar surface area (TPSA) is 75.3 Å². The van der Waals surface area contributed by atoms with E-state index in [1.54, 1.807) is 20.8 Å². The predicted molar refractivity (Wildman–Crippen MR) is 65.1 cm³/mol. The molecule has 2 N–H and O–H groups in total. The van der Waals surface area contributed by atoms with Crippen LogP contribution in [0.3, 0.4) is 0 Å². The SMILES string of the molecule is CCNC(C)(C)C(=O)NCCS(=O)(=O)CC. The Morgan fingerprint density at radius 1 is 1.25 bits per heavy atom. The molecule has 0 spiro atoms. The average molecular weight is 250 g/mol. The van der Waals surface area contributed by atoms with Crippen LogP contribution in [0.1, 0.15) is 27.7 Å². The van der Waals surface area contributed by atoms with Gasteiger partial charge in [-0.25, -0.2) is 8.42 Å². The quantitative estimate of drug-likeness (QED) is 0.663. The summed E-state index contributed by atoms with van der Waals surface area (Å²) in [5.41, 5.74) is -0.662. The first-order valence-electron chi connectivity index (χ1n) is 5.49. The van der Waals surface area contributed by atoms with Crippen molar-refractivity contribution in [2.45, 2.75) is 33.2 Å². The molecule has 0 aromatic rings. The predicted octanol–water partition coefficient (Wildman–Crippen LogP) is -0.0746. The van der Waals surface area contributed by atoms with E-state index in [9.17, 15) is 13.2 Å². The normalized spacial score (nSPS) is 12.5. The Labute approximate surface area is 97.9 Å². The van der Waals surface area contributed by atoms with Crippen LogP contribution in [0.15, 0.2) is 0 Å². The second-order valence-electron chi connectivity index (χ2n) is 4.15. The molecule has 0 bridgehead atoms. The van der Waals surface area contributed by atoms with Gasteiger partial charge in [-0.15, -0.1) is 0 Å². The average Bonchev–Trinajstić information content (AvgIpc) is 2.17. The largest absolute Gasteiger partial charge is 0.353 e. The van der Waals surface area contributed by atoms with Crippen molar-refractivity contribution < 1.29 is 13.2 Å². The lowest BCUT2D eigenvalue weighted by Crippen LogP contribution is -2.53. The van der Waals surface area contributed by atoms with Gasteiger partial charge in [0, 0.05) is 12.3 Å². The van der Waals surface area contributed by atoms with E-state index < -0.39 is 15.4 Å². The molecule has 0 aliphatic carbocycles. The fourth-order valence-electron chi connectivity index (χ4n) is 1.21. The molecule has 6 heteroatoms. The minimum atomic E-state index is -3.01. The van der Waals surface area contributed by atoms with Gasteiger partial charge in [-0.3, -0.25) is 4.79 Å². The third-order valence-electron chi connectivity index (χ3n) is 2.32. The van der Waals surface area contributed by atoms with Gasteiger partial charge in [0.25, 0.3) is 0 Å². The van der Waals surface area contributed by atoms with Gasteiger partial charge in [0.05, 0.1) is 11.3 Å². The Kier molecular flexibility index (Phi) is 5.96. The van der Waals surface area contributed by atoms with Gasteiger partial charge in [0.1, 0.15) is 0 Å². The lowest BCUT2D eigenvalue weighted by Gasteiger charge is -2.24. The molecule has 5 nitrogen and oxygen atoms in total. The summed E-state index contributed by atoms with van der Waals surface area (Å²) in [4.78, 5) is 11.7. The first-order valence-corrected chi connectivity index (χ1v) is 7.31. The van der Waals surface area contributed by atoms with Gasteiger partial charge in [0.2, 0.25) is 5.91 Å². The number of likely N-dealkylation sites (N-methyl/N-ethyl adjacent to an activating group) is 1. The number of hydrogen-bond acceptors (Lipinski definition) is 4. The molecule has 0 saturated heterocycles. The van der Waals surface area contributed by atoms with Crippen LogP contribution in [-0.2, 0) is 14.6 Å². The minimum Gasteiger partial charge on any atom is -0.353 e. The third kappa shape index (κ3) is 5.46. The summed E-state index contributed by atoms with van der Waals surface area (Å²) >= 11 is 0. The monoisotopic (exact) mass is 250 g/mol. The van der Waals surface area contributed by atoms with Crippen LogP contribution in [0.25, 0.3) is 0 Å². The Morgan fingerprint density at radius 2 is 1.81 bits per heavy atom. The molecule has 0 fully saturated rings. The van der Waals surface area contributed by atoms with E-state index in [2.05, 4.69) is 10.6 Å². The molecule has 0 heterocycles. The Bertz CT molecular complexity index is 323. The summed E-state index contributed by atoms with van der Waals surface area (Å²) in [7, 11) is -3.01. The van der Waals surface area contributed by atoms with E-state index in [4.69, 9.17) is 0 Å². The van der Waals surface area contributed by atoms with Gasteiger partial charge in [0.15, 0.2) is 9.84 Å². The molecule has 0 saturated carbocycles. The van der Waals surface area contributed by atoms with Crippen LogP contribution in [-0.4, -0.2) is 44.5 Å². The van der Waals surface area contributed by atoms with E-state index in [0.717, 1.165) is 0 Å². The molecule has 0 aromatic carbocycles. The number of sulfone groups is 1. The zero-order valence-corrected chi connectivity index (χ0v) is 11.3. The van der Waals surface area contributed by atoms with Crippen LogP contribution in [0.5, 0.6) is 0 Å². The highest BCUT2D eigenvalue weighted by Crippen LogP contribution is 2.01. The van der Waals surface area contributed by atoms with Gasteiger partial charge in [-0.05, 0) is 20.4 Å². The number of carbonyl (C=O) groups excluding carboxylic acids is 1. The molecule has 0 unspecified atom stereocenters. The smallest absolute Gasteiger partial charge is 0.239 e. The van der Waals surface area contributed by atoms with Gasteiger partial charge < -0.3 is 10.6 Å². The van der Waals surface area contributed by atoms with Crippen molar-refractivity contribution in [1.82, 2.24) is 10.6 Å². The molecule has 0 aliphatic heterocycles. The van der Waals surface area contributed by atoms with Crippen molar-refractivity contribution in [3.63, 3.8) is 0 Å². The minimum absolute atomic E-state index is 0.00253. The van der Waals surface area contributed by atoms with Crippen molar-refractivity contribution in [2.24, 2.45) is 0 Å². The number of nitrogens with one attached hydrogen (secondary N) is 2. The Morgan fingerprint density at radius 3 is 2.25 bits per heavy atom. The van der Waals surface area contributed by atoms with E-state index in [1.807, 2.05) is 6.92 Å². The van der Waals surface area contributed by atoms with Gasteiger partial charge >= 0.3 is 0 Å². The fourth-order valence-corrected chi connectivity index (χ4v) is 1.91. The molecule has 0 aliphatic rings. The van der Waals surface area contributed by atoms with E-state index in [-0.39, 0.29) is 24.0 Å². The van der Waals surface area contributed by atoms with Crippen LogP contribution in [0.4, 0.5) is 0 Å². The maximum Gasteiger partial charge on any atom is 0.239 e. The molecule has 96 valence electrons. The van der Waals surface area contributed by atoms with E-state index in [1.165, 1.54) is 0 Å². The van der Waals surface area contributed by atoms with Crippen molar-refractivity contribution >= 4 is 15.7 Å². The van der Waals surface area contributed by atoms with Gasteiger partial charge in [-0.2, -0.15) is 0 Å². The standard InChI is InChI=1S/C10H22N2O3S/c1-5-12-10(3,4)9(13)11-7-8-16(14,15)6-2/h12H,5-8H2,1-4H3,(H,11,13). The highest BCUT2D eigenvalue weighted by Gasteiger charge is 2.25. The molecule has 0 rings (SSSR count). The summed E-state index contributed by atoms with van der Waals surface area (Å²) in [5, 5.41) is 5.64. The summed E-state index contributed by atoms with van der Waals surface area (Å²) < 4.78 is 22.4. The van der Waals surface area contributed by atoms with E-state index >= 15 is 0 Å². The third-order valence-corrected chi connectivity index (χ3v) is 4.03. The number of amides is 1. The van der Waals surface area contributed by atoms with Crippen molar-refractivity contribution in [2.75, 3.05) is 24.6 Å². The molecule has 0 atom stereocenters. The van der Waals surface area contributed by atoms with Crippen molar-refractivity contribution in [3.05, 3.63) is 0 Å².